The molecule has 4 rings (SSSR count). The van der Waals surface area contributed by atoms with Gasteiger partial charge in [0.1, 0.15) is 0 Å². The maximum Gasteiger partial charge on any atom is 0.495 e. The molecule has 2 aromatic carbocycles. The Morgan fingerprint density at radius 2 is 1.70 bits per heavy atom. The molecule has 6 heteroatoms. The summed E-state index contributed by atoms with van der Waals surface area (Å²) in [4.78, 5) is 0. The second-order valence-electron chi connectivity index (χ2n) is 8.13. The van der Waals surface area contributed by atoms with Crippen molar-refractivity contribution in [3.63, 3.8) is 0 Å². The van der Waals surface area contributed by atoms with Gasteiger partial charge in [-0.2, -0.15) is 0 Å². The van der Waals surface area contributed by atoms with Gasteiger partial charge in [-0.05, 0) is 69.9 Å². The lowest BCUT2D eigenvalue weighted by atomic mass is 9.76. The quantitative estimate of drug-likeness (QED) is 0.658. The molecule has 4 nitrogen and oxygen atoms in total. The van der Waals surface area contributed by atoms with E-state index in [1.807, 2.05) is 71.1 Å². The minimum Gasteiger partial charge on any atom is -0.494 e. The van der Waals surface area contributed by atoms with Gasteiger partial charge in [-0.15, -0.1) is 0 Å². The Hall–Kier alpha value is -1.95. The van der Waals surface area contributed by atoms with Crippen molar-refractivity contribution in [2.24, 2.45) is 0 Å². The third-order valence-electron chi connectivity index (χ3n) is 5.86. The molecule has 140 valence electrons. The second-order valence-corrected chi connectivity index (χ2v) is 8.57. The largest absolute Gasteiger partial charge is 0.495 e. The topological polar surface area (TPSA) is 43.6 Å². The van der Waals surface area contributed by atoms with E-state index < -0.39 is 18.3 Å². The number of nitrogens with zero attached hydrogens (tertiary/aromatic N) is 1. The van der Waals surface area contributed by atoms with Crippen molar-refractivity contribution >= 4 is 35.0 Å². The number of aromatic nitrogens is 1. The van der Waals surface area contributed by atoms with Crippen LogP contribution in [0.25, 0.3) is 16.5 Å². The van der Waals surface area contributed by atoms with Crippen LogP contribution >= 0.6 is 11.6 Å². The second kappa shape index (κ2) is 6.03. The summed E-state index contributed by atoms with van der Waals surface area (Å²) < 4.78 is 14.2. The Morgan fingerprint density at radius 1 is 1.04 bits per heavy atom. The van der Waals surface area contributed by atoms with Crippen molar-refractivity contribution < 1.29 is 14.4 Å². The van der Waals surface area contributed by atoms with Crippen molar-refractivity contribution in [1.82, 2.24) is 4.57 Å². The summed E-state index contributed by atoms with van der Waals surface area (Å²) in [6.45, 7) is 10.2. The minimum atomic E-state index is -0.448. The standard InChI is InChI=1S/C21H23BClNO3/c1-13-17(22-26-20(2,3)21(4,5)27-22)7-6-8-18(13)24-12-14-11-15(23)9-10-16(14)19(24)25/h6-12,25H,1-5H3. The van der Waals surface area contributed by atoms with Gasteiger partial charge in [-0.1, -0.05) is 23.7 Å². The van der Waals surface area contributed by atoms with Crippen LogP contribution in [-0.2, 0) is 9.31 Å². The fourth-order valence-electron chi connectivity index (χ4n) is 3.48. The normalized spacial score (nSPS) is 18.4. The molecule has 0 aliphatic carbocycles. The molecule has 2 heterocycles. The summed E-state index contributed by atoms with van der Waals surface area (Å²) in [5, 5.41) is 13.0. The van der Waals surface area contributed by atoms with Gasteiger partial charge in [-0.25, -0.2) is 0 Å². The molecule has 1 saturated heterocycles. The Balaban J connectivity index is 1.81. The summed E-state index contributed by atoms with van der Waals surface area (Å²) in [6, 6.07) is 11.4. The zero-order valence-electron chi connectivity index (χ0n) is 16.2. The van der Waals surface area contributed by atoms with Crippen LogP contribution < -0.4 is 5.46 Å². The lowest BCUT2D eigenvalue weighted by Gasteiger charge is -2.32. The SMILES string of the molecule is Cc1c(B2OC(C)(C)C(C)(C)O2)cccc1-n1cc2cc(Cl)ccc2c1O. The maximum atomic E-state index is 10.7. The summed E-state index contributed by atoms with van der Waals surface area (Å²) in [6.07, 6.45) is 1.90. The van der Waals surface area contributed by atoms with E-state index in [0.29, 0.717) is 5.02 Å². The van der Waals surface area contributed by atoms with E-state index in [-0.39, 0.29) is 5.88 Å². The van der Waals surface area contributed by atoms with Crippen LogP contribution in [0.2, 0.25) is 5.02 Å². The Morgan fingerprint density at radius 3 is 2.37 bits per heavy atom. The average molecular weight is 384 g/mol. The molecule has 1 aliphatic heterocycles. The van der Waals surface area contributed by atoms with Crippen LogP contribution in [0.3, 0.4) is 0 Å². The van der Waals surface area contributed by atoms with E-state index in [1.165, 1.54) is 0 Å². The van der Waals surface area contributed by atoms with E-state index >= 15 is 0 Å². The summed E-state index contributed by atoms with van der Waals surface area (Å²) >= 11 is 6.10. The Kier molecular flexibility index (Phi) is 4.11. The smallest absolute Gasteiger partial charge is 0.494 e. The van der Waals surface area contributed by atoms with Crippen LogP contribution in [0.15, 0.2) is 42.6 Å². The number of hydrogen-bond acceptors (Lipinski definition) is 3. The predicted molar refractivity (Wildman–Crippen MR) is 110 cm³/mol. The molecule has 1 aliphatic rings. The molecule has 3 aromatic rings. The first-order valence-electron chi connectivity index (χ1n) is 9.06. The zero-order valence-corrected chi connectivity index (χ0v) is 17.0. The van der Waals surface area contributed by atoms with Crippen molar-refractivity contribution in [3.8, 4) is 11.6 Å². The van der Waals surface area contributed by atoms with Crippen molar-refractivity contribution in [2.45, 2.75) is 45.8 Å². The molecule has 1 aromatic heterocycles. The summed E-state index contributed by atoms with van der Waals surface area (Å²) in [5.74, 6) is 0.191. The van der Waals surface area contributed by atoms with Crippen LogP contribution in [-0.4, -0.2) is 28.0 Å². The monoisotopic (exact) mass is 383 g/mol. The number of fused-ring (bicyclic) bond motifs is 1. The molecular formula is C21H23BClNO3. The van der Waals surface area contributed by atoms with Crippen LogP contribution in [0.1, 0.15) is 33.3 Å². The van der Waals surface area contributed by atoms with E-state index in [2.05, 4.69) is 0 Å². The van der Waals surface area contributed by atoms with E-state index in [4.69, 9.17) is 20.9 Å². The van der Waals surface area contributed by atoms with Gasteiger partial charge >= 0.3 is 7.12 Å². The lowest BCUT2D eigenvalue weighted by Crippen LogP contribution is -2.41. The molecule has 0 atom stereocenters. The van der Waals surface area contributed by atoms with Gasteiger partial charge in [0, 0.05) is 22.0 Å². The Labute approximate surface area is 164 Å². The van der Waals surface area contributed by atoms with Gasteiger partial charge < -0.3 is 14.4 Å². The third-order valence-corrected chi connectivity index (χ3v) is 6.10. The van der Waals surface area contributed by atoms with Gasteiger partial charge in [0.25, 0.3) is 0 Å². The third kappa shape index (κ3) is 2.85. The molecule has 0 amide bonds. The first-order chi connectivity index (χ1) is 12.6. The number of benzene rings is 2. The van der Waals surface area contributed by atoms with E-state index in [9.17, 15) is 5.11 Å². The molecular weight excluding hydrogens is 361 g/mol. The first kappa shape index (κ1) is 18.4. The number of halogens is 1. The van der Waals surface area contributed by atoms with Crippen LogP contribution in [0.4, 0.5) is 0 Å². The fourth-order valence-corrected chi connectivity index (χ4v) is 3.67. The highest BCUT2D eigenvalue weighted by molar-refractivity contribution is 6.62. The highest BCUT2D eigenvalue weighted by Gasteiger charge is 2.52. The van der Waals surface area contributed by atoms with Crippen molar-refractivity contribution in [3.05, 3.63) is 53.2 Å². The highest BCUT2D eigenvalue weighted by atomic mass is 35.5. The molecule has 0 bridgehead atoms. The predicted octanol–water partition coefficient (Wildman–Crippen LogP) is 4.60. The molecule has 1 N–H and O–H groups in total. The minimum absolute atomic E-state index is 0.191. The number of aromatic hydroxyl groups is 1. The van der Waals surface area contributed by atoms with Crippen LogP contribution in [0, 0.1) is 6.92 Å². The van der Waals surface area contributed by atoms with Crippen molar-refractivity contribution in [1.29, 1.82) is 0 Å². The number of rotatable bonds is 2. The highest BCUT2D eigenvalue weighted by Crippen LogP contribution is 2.37. The van der Waals surface area contributed by atoms with Gasteiger partial charge in [0.15, 0.2) is 0 Å². The summed E-state index contributed by atoms with van der Waals surface area (Å²) in [7, 11) is -0.448. The van der Waals surface area contributed by atoms with E-state index in [1.54, 1.807) is 10.6 Å². The Bertz CT molecular complexity index is 1030. The van der Waals surface area contributed by atoms with E-state index in [0.717, 1.165) is 27.5 Å². The average Bonchev–Trinajstić information content (AvgIpc) is 3.00. The molecule has 27 heavy (non-hydrogen) atoms. The van der Waals surface area contributed by atoms with Gasteiger partial charge in [0.05, 0.1) is 16.9 Å². The van der Waals surface area contributed by atoms with Crippen LogP contribution in [0.5, 0.6) is 5.88 Å². The summed E-state index contributed by atoms with van der Waals surface area (Å²) in [5.41, 5.74) is 2.04. The fraction of sp³-hybridized carbons (Fsp3) is 0.333. The van der Waals surface area contributed by atoms with Crippen molar-refractivity contribution in [2.75, 3.05) is 0 Å². The molecule has 0 unspecified atom stereocenters. The zero-order chi connectivity index (χ0) is 19.6. The first-order valence-corrected chi connectivity index (χ1v) is 9.44. The number of hydrogen-bond donors (Lipinski definition) is 1. The maximum absolute atomic E-state index is 10.7. The molecule has 1 fully saturated rings. The molecule has 0 spiro atoms. The molecule has 0 saturated carbocycles. The van der Waals surface area contributed by atoms with Gasteiger partial charge in [-0.3, -0.25) is 4.57 Å². The molecule has 0 radical (unpaired) electrons. The lowest BCUT2D eigenvalue weighted by molar-refractivity contribution is 0.00578. The van der Waals surface area contributed by atoms with Gasteiger partial charge in [0.2, 0.25) is 5.88 Å².